The number of rotatable bonds is 6. The van der Waals surface area contributed by atoms with E-state index in [0.29, 0.717) is 24.1 Å². The van der Waals surface area contributed by atoms with Gasteiger partial charge in [-0.1, -0.05) is 43.6 Å². The van der Waals surface area contributed by atoms with Crippen LogP contribution in [0.2, 0.25) is 5.02 Å². The molecule has 1 atom stereocenters. The van der Waals surface area contributed by atoms with Crippen molar-refractivity contribution in [2.45, 2.75) is 33.2 Å². The van der Waals surface area contributed by atoms with Gasteiger partial charge in [0, 0.05) is 10.6 Å². The fourth-order valence-electron chi connectivity index (χ4n) is 1.83. The van der Waals surface area contributed by atoms with E-state index in [9.17, 15) is 4.79 Å². The van der Waals surface area contributed by atoms with Crippen LogP contribution in [0.5, 0.6) is 0 Å². The zero-order chi connectivity index (χ0) is 14.5. The highest BCUT2D eigenvalue weighted by molar-refractivity contribution is 6.31. The van der Waals surface area contributed by atoms with E-state index in [-0.39, 0.29) is 5.97 Å². The minimum atomic E-state index is -0.918. The molecule has 3 nitrogen and oxygen atoms in total. The summed E-state index contributed by atoms with van der Waals surface area (Å²) >= 11 is 6.22. The van der Waals surface area contributed by atoms with Crippen LogP contribution in [0.4, 0.5) is 0 Å². The van der Waals surface area contributed by atoms with Crippen molar-refractivity contribution in [3.05, 3.63) is 34.9 Å². The largest absolute Gasteiger partial charge is 0.464 e. The van der Waals surface area contributed by atoms with Crippen molar-refractivity contribution in [1.29, 1.82) is 0 Å². The van der Waals surface area contributed by atoms with E-state index < -0.39 is 5.54 Å². The molecule has 1 aromatic carbocycles. The van der Waals surface area contributed by atoms with Crippen molar-refractivity contribution >= 4 is 17.6 Å². The molecule has 0 aromatic heterocycles. The summed E-state index contributed by atoms with van der Waals surface area (Å²) in [5.41, 5.74) is -0.172. The van der Waals surface area contributed by atoms with E-state index in [1.54, 1.807) is 13.0 Å². The average Bonchev–Trinajstić information content (AvgIpc) is 2.36. The fourth-order valence-corrected chi connectivity index (χ4v) is 2.15. The molecule has 0 fully saturated rings. The first-order valence-corrected chi connectivity index (χ1v) is 6.96. The molecule has 0 spiro atoms. The molecule has 0 saturated carbocycles. The second-order valence-corrected chi connectivity index (χ2v) is 5.51. The van der Waals surface area contributed by atoms with E-state index in [4.69, 9.17) is 16.3 Å². The summed E-state index contributed by atoms with van der Waals surface area (Å²) in [6.07, 6.45) is 0. The van der Waals surface area contributed by atoms with Crippen molar-refractivity contribution < 1.29 is 9.53 Å². The van der Waals surface area contributed by atoms with E-state index in [1.807, 2.05) is 25.1 Å². The van der Waals surface area contributed by atoms with Crippen molar-refractivity contribution in [2.75, 3.05) is 13.2 Å². The van der Waals surface area contributed by atoms with Gasteiger partial charge >= 0.3 is 5.97 Å². The van der Waals surface area contributed by atoms with Crippen LogP contribution >= 0.6 is 11.6 Å². The molecule has 0 aliphatic heterocycles. The third-order valence-electron chi connectivity index (χ3n) is 2.96. The Labute approximate surface area is 120 Å². The van der Waals surface area contributed by atoms with Crippen LogP contribution in [0.25, 0.3) is 0 Å². The minimum Gasteiger partial charge on any atom is -0.464 e. The molecule has 106 valence electrons. The lowest BCUT2D eigenvalue weighted by atomic mass is 9.91. The van der Waals surface area contributed by atoms with Crippen LogP contribution in [0.3, 0.4) is 0 Å². The monoisotopic (exact) mass is 283 g/mol. The zero-order valence-corrected chi connectivity index (χ0v) is 12.8. The SMILES string of the molecule is CCOC(=O)C(C)(NCC(C)C)c1ccccc1Cl. The predicted octanol–water partition coefficient (Wildman–Crippen LogP) is 3.36. The quantitative estimate of drug-likeness (QED) is 0.814. The standard InChI is InChI=1S/C15H22ClNO2/c1-5-19-14(18)15(4,17-10-11(2)3)12-8-6-7-9-13(12)16/h6-9,11,17H,5,10H2,1-4H3. The maximum absolute atomic E-state index is 12.3. The average molecular weight is 284 g/mol. The fraction of sp³-hybridized carbons (Fsp3) is 0.533. The van der Waals surface area contributed by atoms with Gasteiger partial charge < -0.3 is 4.74 Å². The van der Waals surface area contributed by atoms with E-state index >= 15 is 0 Å². The van der Waals surface area contributed by atoms with Gasteiger partial charge in [-0.2, -0.15) is 0 Å². The highest BCUT2D eigenvalue weighted by atomic mass is 35.5. The highest BCUT2D eigenvalue weighted by Crippen LogP contribution is 2.29. The third kappa shape index (κ3) is 3.95. The van der Waals surface area contributed by atoms with Crippen molar-refractivity contribution in [3.63, 3.8) is 0 Å². The van der Waals surface area contributed by atoms with Crippen LogP contribution in [0.1, 0.15) is 33.3 Å². The summed E-state index contributed by atoms with van der Waals surface area (Å²) in [5.74, 6) is 0.125. The number of nitrogens with one attached hydrogen (secondary N) is 1. The van der Waals surface area contributed by atoms with Crippen LogP contribution in [-0.2, 0) is 15.1 Å². The Morgan fingerprint density at radius 3 is 2.58 bits per heavy atom. The minimum absolute atomic E-state index is 0.302. The van der Waals surface area contributed by atoms with Gasteiger partial charge in [0.2, 0.25) is 0 Å². The number of ether oxygens (including phenoxy) is 1. The first-order chi connectivity index (χ1) is 8.91. The Morgan fingerprint density at radius 2 is 2.05 bits per heavy atom. The predicted molar refractivity (Wildman–Crippen MR) is 78.3 cm³/mol. The molecule has 1 unspecified atom stereocenters. The van der Waals surface area contributed by atoms with Crippen molar-refractivity contribution in [2.24, 2.45) is 5.92 Å². The van der Waals surface area contributed by atoms with Gasteiger partial charge in [0.15, 0.2) is 0 Å². The smallest absolute Gasteiger partial charge is 0.330 e. The van der Waals surface area contributed by atoms with Gasteiger partial charge in [0.25, 0.3) is 0 Å². The van der Waals surface area contributed by atoms with Crippen molar-refractivity contribution in [1.82, 2.24) is 5.32 Å². The molecule has 1 N–H and O–H groups in total. The Morgan fingerprint density at radius 1 is 1.42 bits per heavy atom. The molecule has 1 aromatic rings. The van der Waals surface area contributed by atoms with Gasteiger partial charge in [0.1, 0.15) is 5.54 Å². The molecule has 0 amide bonds. The second-order valence-electron chi connectivity index (χ2n) is 5.10. The molecule has 0 heterocycles. The zero-order valence-electron chi connectivity index (χ0n) is 12.0. The number of esters is 1. The first-order valence-electron chi connectivity index (χ1n) is 6.59. The molecule has 0 saturated heterocycles. The highest BCUT2D eigenvalue weighted by Gasteiger charge is 2.37. The number of hydrogen-bond donors (Lipinski definition) is 1. The third-order valence-corrected chi connectivity index (χ3v) is 3.29. The van der Waals surface area contributed by atoms with E-state index in [2.05, 4.69) is 19.2 Å². The summed E-state index contributed by atoms with van der Waals surface area (Å²) < 4.78 is 5.19. The van der Waals surface area contributed by atoms with Crippen LogP contribution in [-0.4, -0.2) is 19.1 Å². The normalized spacial score (nSPS) is 14.2. The summed E-state index contributed by atoms with van der Waals surface area (Å²) in [4.78, 5) is 12.3. The van der Waals surface area contributed by atoms with Crippen molar-refractivity contribution in [3.8, 4) is 0 Å². The van der Waals surface area contributed by atoms with Gasteiger partial charge in [0.05, 0.1) is 6.61 Å². The maximum atomic E-state index is 12.3. The molecule has 1 rings (SSSR count). The lowest BCUT2D eigenvalue weighted by Crippen LogP contribution is -2.49. The number of benzene rings is 1. The second kappa shape index (κ2) is 6.92. The Bertz CT molecular complexity index is 434. The van der Waals surface area contributed by atoms with E-state index in [0.717, 1.165) is 5.56 Å². The molecule has 0 bridgehead atoms. The maximum Gasteiger partial charge on any atom is 0.330 e. The topological polar surface area (TPSA) is 38.3 Å². The molecule has 0 radical (unpaired) electrons. The van der Waals surface area contributed by atoms with Crippen LogP contribution < -0.4 is 5.32 Å². The summed E-state index contributed by atoms with van der Waals surface area (Å²) in [6, 6.07) is 7.35. The van der Waals surface area contributed by atoms with Crippen LogP contribution in [0, 0.1) is 5.92 Å². The Hall–Kier alpha value is -1.06. The number of halogens is 1. The molecular weight excluding hydrogens is 262 g/mol. The van der Waals surface area contributed by atoms with Gasteiger partial charge in [-0.15, -0.1) is 0 Å². The Balaban J connectivity index is 3.11. The molecule has 4 heteroatoms. The molecular formula is C15H22ClNO2. The van der Waals surface area contributed by atoms with Crippen LogP contribution in [0.15, 0.2) is 24.3 Å². The Kier molecular flexibility index (Phi) is 5.83. The molecule has 0 aliphatic rings. The molecule has 0 aliphatic carbocycles. The van der Waals surface area contributed by atoms with E-state index in [1.165, 1.54) is 0 Å². The lowest BCUT2D eigenvalue weighted by molar-refractivity contribution is -0.151. The summed E-state index contributed by atoms with van der Waals surface area (Å²) in [6.45, 7) is 8.85. The van der Waals surface area contributed by atoms with Gasteiger partial charge in [-0.25, -0.2) is 4.79 Å². The number of carbonyl (C=O) groups is 1. The first kappa shape index (κ1) is 16.0. The molecule has 19 heavy (non-hydrogen) atoms. The number of hydrogen-bond acceptors (Lipinski definition) is 3. The summed E-state index contributed by atoms with van der Waals surface area (Å²) in [5, 5.41) is 3.84. The van der Waals surface area contributed by atoms with Gasteiger partial charge in [-0.3, -0.25) is 5.32 Å². The lowest BCUT2D eigenvalue weighted by Gasteiger charge is -2.30. The summed E-state index contributed by atoms with van der Waals surface area (Å²) in [7, 11) is 0. The number of carbonyl (C=O) groups excluding carboxylic acids is 1. The van der Waals surface area contributed by atoms with Gasteiger partial charge in [-0.05, 0) is 32.4 Å².